The van der Waals surface area contributed by atoms with E-state index in [1.807, 2.05) is 29.3 Å². The molecule has 9 heteroatoms. The molecule has 0 spiro atoms. The van der Waals surface area contributed by atoms with Crippen molar-refractivity contribution in [3.8, 4) is 0 Å². The molecule has 2 heterocycles. The minimum Gasteiger partial charge on any atom is -0.356 e. The summed E-state index contributed by atoms with van der Waals surface area (Å²) in [6.45, 7) is 14.6. The highest BCUT2D eigenvalue weighted by molar-refractivity contribution is 14.0. The van der Waals surface area contributed by atoms with Crippen LogP contribution in [0.4, 0.5) is 5.82 Å². The van der Waals surface area contributed by atoms with Crippen LogP contribution in [0.25, 0.3) is 0 Å². The van der Waals surface area contributed by atoms with Gasteiger partial charge in [0.15, 0.2) is 5.96 Å². The van der Waals surface area contributed by atoms with Crippen molar-refractivity contribution in [3.63, 3.8) is 0 Å². The SMILES string of the molecule is CN=C(NCCCN(C(C)C)C(C)C)NCCC(=O)N1CCN(c2ccccn2)CC1.I. The number of hydrogen-bond acceptors (Lipinski definition) is 5. The standard InChI is InChI=1S/C23H41N7O.HI/c1-19(2)30(20(3)4)14-8-12-26-23(24-5)27-13-10-22(31)29-17-15-28(16-18-29)21-9-6-7-11-25-21;/h6-7,9,11,19-20H,8,10,12-18H2,1-5H3,(H2,24,26,27);1H. The predicted octanol–water partition coefficient (Wildman–Crippen LogP) is 2.41. The Morgan fingerprint density at radius 3 is 2.31 bits per heavy atom. The average Bonchev–Trinajstić information content (AvgIpc) is 2.77. The quantitative estimate of drug-likeness (QED) is 0.199. The molecule has 1 aromatic heterocycles. The van der Waals surface area contributed by atoms with Gasteiger partial charge in [-0.3, -0.25) is 14.7 Å². The Morgan fingerprint density at radius 1 is 1.09 bits per heavy atom. The van der Waals surface area contributed by atoms with E-state index in [2.05, 4.69) is 58.1 Å². The molecule has 0 aliphatic carbocycles. The summed E-state index contributed by atoms with van der Waals surface area (Å²) in [6, 6.07) is 7.04. The third-order valence-electron chi connectivity index (χ3n) is 5.67. The van der Waals surface area contributed by atoms with Crippen LogP contribution in [0.5, 0.6) is 0 Å². The lowest BCUT2D eigenvalue weighted by atomic mass is 10.2. The fourth-order valence-corrected chi connectivity index (χ4v) is 3.97. The van der Waals surface area contributed by atoms with Gasteiger partial charge in [0, 0.05) is 77.6 Å². The molecular weight excluding hydrogens is 517 g/mol. The predicted molar refractivity (Wildman–Crippen MR) is 144 cm³/mol. The fourth-order valence-electron chi connectivity index (χ4n) is 3.97. The summed E-state index contributed by atoms with van der Waals surface area (Å²) in [4.78, 5) is 27.9. The van der Waals surface area contributed by atoms with Gasteiger partial charge < -0.3 is 20.4 Å². The van der Waals surface area contributed by atoms with Gasteiger partial charge in [-0.2, -0.15) is 0 Å². The number of nitrogens with one attached hydrogen (secondary N) is 2. The zero-order valence-electron chi connectivity index (χ0n) is 20.4. The minimum atomic E-state index is 0. The molecule has 1 aliphatic rings. The number of amides is 1. The second kappa shape index (κ2) is 15.3. The van der Waals surface area contributed by atoms with E-state index >= 15 is 0 Å². The Balaban J connectivity index is 0.00000512. The van der Waals surface area contributed by atoms with Gasteiger partial charge >= 0.3 is 0 Å². The van der Waals surface area contributed by atoms with Crippen LogP contribution >= 0.6 is 24.0 Å². The molecule has 1 amide bonds. The first-order chi connectivity index (χ1) is 14.9. The van der Waals surface area contributed by atoms with E-state index in [9.17, 15) is 4.79 Å². The van der Waals surface area contributed by atoms with Crippen LogP contribution < -0.4 is 15.5 Å². The smallest absolute Gasteiger partial charge is 0.224 e. The van der Waals surface area contributed by atoms with Crippen molar-refractivity contribution in [2.45, 2.75) is 52.6 Å². The van der Waals surface area contributed by atoms with Crippen molar-refractivity contribution in [1.29, 1.82) is 0 Å². The Hall–Kier alpha value is -1.62. The molecule has 0 saturated carbocycles. The van der Waals surface area contributed by atoms with Crippen molar-refractivity contribution in [1.82, 2.24) is 25.4 Å². The zero-order chi connectivity index (χ0) is 22.6. The molecule has 1 saturated heterocycles. The zero-order valence-corrected chi connectivity index (χ0v) is 22.7. The van der Waals surface area contributed by atoms with Gasteiger partial charge in [-0.1, -0.05) is 6.07 Å². The van der Waals surface area contributed by atoms with Gasteiger partial charge in [0.25, 0.3) is 0 Å². The molecule has 0 bridgehead atoms. The summed E-state index contributed by atoms with van der Waals surface area (Å²) in [7, 11) is 1.77. The number of hydrogen-bond donors (Lipinski definition) is 2. The highest BCUT2D eigenvalue weighted by Crippen LogP contribution is 2.12. The lowest BCUT2D eigenvalue weighted by Gasteiger charge is -2.35. The Morgan fingerprint density at radius 2 is 1.75 bits per heavy atom. The largest absolute Gasteiger partial charge is 0.356 e. The molecule has 1 aromatic rings. The maximum atomic E-state index is 12.6. The van der Waals surface area contributed by atoms with Gasteiger partial charge in [-0.25, -0.2) is 4.98 Å². The Labute approximate surface area is 211 Å². The van der Waals surface area contributed by atoms with E-state index in [-0.39, 0.29) is 29.9 Å². The molecule has 8 nitrogen and oxygen atoms in total. The van der Waals surface area contributed by atoms with Gasteiger partial charge in [0.1, 0.15) is 5.82 Å². The summed E-state index contributed by atoms with van der Waals surface area (Å²) in [5, 5.41) is 6.62. The second-order valence-corrected chi connectivity index (χ2v) is 8.51. The summed E-state index contributed by atoms with van der Waals surface area (Å²) in [5.74, 6) is 1.93. The number of halogens is 1. The number of aromatic nitrogens is 1. The lowest BCUT2D eigenvalue weighted by Crippen LogP contribution is -2.49. The number of rotatable bonds is 10. The highest BCUT2D eigenvalue weighted by atomic mass is 127. The van der Waals surface area contributed by atoms with Crippen molar-refractivity contribution in [2.75, 3.05) is 57.8 Å². The molecular formula is C23H42IN7O. The molecule has 182 valence electrons. The number of carbonyl (C=O) groups excluding carboxylic acids is 1. The van der Waals surface area contributed by atoms with E-state index < -0.39 is 0 Å². The number of pyridine rings is 1. The van der Waals surface area contributed by atoms with Crippen LogP contribution in [-0.2, 0) is 4.79 Å². The molecule has 0 radical (unpaired) electrons. The first-order valence-electron chi connectivity index (χ1n) is 11.6. The lowest BCUT2D eigenvalue weighted by molar-refractivity contribution is -0.131. The number of aliphatic imine (C=N–C) groups is 1. The van der Waals surface area contributed by atoms with Crippen LogP contribution in [0.3, 0.4) is 0 Å². The summed E-state index contributed by atoms with van der Waals surface area (Å²) >= 11 is 0. The number of piperazine rings is 1. The summed E-state index contributed by atoms with van der Waals surface area (Å²) in [5.41, 5.74) is 0. The molecule has 0 aromatic carbocycles. The molecule has 2 N–H and O–H groups in total. The van der Waals surface area contributed by atoms with Gasteiger partial charge in [0.2, 0.25) is 5.91 Å². The minimum absolute atomic E-state index is 0. The van der Waals surface area contributed by atoms with Gasteiger partial charge in [0.05, 0.1) is 0 Å². The average molecular weight is 560 g/mol. The van der Waals surface area contributed by atoms with Gasteiger partial charge in [-0.15, -0.1) is 24.0 Å². The van der Waals surface area contributed by atoms with Crippen LogP contribution in [0, 0.1) is 0 Å². The van der Waals surface area contributed by atoms with Gasteiger partial charge in [-0.05, 0) is 46.2 Å². The molecule has 1 fully saturated rings. The third kappa shape index (κ3) is 9.48. The number of nitrogens with zero attached hydrogens (tertiary/aromatic N) is 5. The highest BCUT2D eigenvalue weighted by Gasteiger charge is 2.21. The topological polar surface area (TPSA) is 76.1 Å². The number of carbonyl (C=O) groups is 1. The fraction of sp³-hybridized carbons (Fsp3) is 0.696. The maximum Gasteiger partial charge on any atom is 0.224 e. The second-order valence-electron chi connectivity index (χ2n) is 8.51. The maximum absolute atomic E-state index is 12.6. The van der Waals surface area contributed by atoms with E-state index in [4.69, 9.17) is 0 Å². The van der Waals surface area contributed by atoms with E-state index in [0.717, 1.165) is 57.5 Å². The number of guanidine groups is 1. The molecule has 0 unspecified atom stereocenters. The monoisotopic (exact) mass is 559 g/mol. The molecule has 0 atom stereocenters. The van der Waals surface area contributed by atoms with Crippen LogP contribution in [0.15, 0.2) is 29.4 Å². The third-order valence-corrected chi connectivity index (χ3v) is 5.67. The first kappa shape index (κ1) is 28.4. The van der Waals surface area contributed by atoms with Crippen molar-refractivity contribution < 1.29 is 4.79 Å². The van der Waals surface area contributed by atoms with Crippen molar-refractivity contribution in [2.24, 2.45) is 4.99 Å². The van der Waals surface area contributed by atoms with E-state index in [1.54, 1.807) is 7.05 Å². The van der Waals surface area contributed by atoms with E-state index in [0.29, 0.717) is 25.0 Å². The van der Waals surface area contributed by atoms with Crippen molar-refractivity contribution in [3.05, 3.63) is 24.4 Å². The Kier molecular flexibility index (Phi) is 13.5. The van der Waals surface area contributed by atoms with Crippen LogP contribution in [0.1, 0.15) is 40.5 Å². The molecule has 32 heavy (non-hydrogen) atoms. The summed E-state index contributed by atoms with van der Waals surface area (Å²) in [6.07, 6.45) is 3.33. The first-order valence-corrected chi connectivity index (χ1v) is 11.6. The van der Waals surface area contributed by atoms with Crippen LogP contribution in [-0.4, -0.2) is 91.6 Å². The summed E-state index contributed by atoms with van der Waals surface area (Å²) < 4.78 is 0. The van der Waals surface area contributed by atoms with E-state index in [1.165, 1.54) is 0 Å². The molecule has 1 aliphatic heterocycles. The molecule has 2 rings (SSSR count). The number of anilines is 1. The van der Waals surface area contributed by atoms with Crippen LogP contribution in [0.2, 0.25) is 0 Å². The van der Waals surface area contributed by atoms with Crippen molar-refractivity contribution >= 4 is 41.7 Å². The normalized spacial score (nSPS) is 14.7. The Bertz CT molecular complexity index is 668.